The number of rotatable bonds is 0. The lowest BCUT2D eigenvalue weighted by molar-refractivity contribution is 1.48. The van der Waals surface area contributed by atoms with Crippen LogP contribution in [0.3, 0.4) is 0 Å². The Balaban J connectivity index is 0.000000658. The van der Waals surface area contributed by atoms with E-state index >= 15 is 0 Å². The molecule has 0 saturated carbocycles. The van der Waals surface area contributed by atoms with Crippen molar-refractivity contribution in [3.05, 3.63) is 275 Å². The Morgan fingerprint density at radius 1 is 0.159 bits per heavy atom. The summed E-state index contributed by atoms with van der Waals surface area (Å²) in [5.74, 6) is 0. The summed E-state index contributed by atoms with van der Waals surface area (Å²) >= 11 is 0. The van der Waals surface area contributed by atoms with Crippen molar-refractivity contribution in [1.29, 1.82) is 0 Å². The van der Waals surface area contributed by atoms with Crippen molar-refractivity contribution >= 4 is 48.6 Å². The van der Waals surface area contributed by atoms with Crippen LogP contribution in [-0.4, -0.2) is 0 Å². The number of aryl methyl sites for hydroxylation is 1. The third-order valence-electron chi connectivity index (χ3n) is 11.4. The molecule has 0 fully saturated rings. The van der Waals surface area contributed by atoms with E-state index in [0.717, 1.165) is 0 Å². The third-order valence-corrected chi connectivity index (χ3v) is 11.4. The summed E-state index contributed by atoms with van der Waals surface area (Å²) in [5, 5.41) is 0. The minimum Gasteiger partial charge on any atom is -0.0622 e. The molecule has 13 aliphatic carbocycles. The molecule has 0 saturated heterocycles. The van der Waals surface area contributed by atoms with Crippen molar-refractivity contribution < 1.29 is 0 Å². The summed E-state index contributed by atoms with van der Waals surface area (Å²) in [6.07, 6.45) is 17.4. The molecule has 9 aromatic rings. The van der Waals surface area contributed by atoms with Gasteiger partial charge in [-0.1, -0.05) is 279 Å². The van der Waals surface area contributed by atoms with Crippen molar-refractivity contribution in [3.8, 4) is 44.5 Å². The predicted molar refractivity (Wildman–Crippen MR) is 274 cm³/mol. The fourth-order valence-corrected chi connectivity index (χ4v) is 7.60. The van der Waals surface area contributed by atoms with E-state index in [4.69, 9.17) is 0 Å². The largest absolute Gasteiger partial charge is 0.0622 e. The molecular weight excluding hydrogens is 757 g/mol. The molecule has 0 amide bonds. The van der Waals surface area contributed by atoms with Crippen molar-refractivity contribution in [1.82, 2.24) is 0 Å². The molecule has 16 bridgehead atoms. The maximum Gasteiger partial charge on any atom is -0.0184 e. The van der Waals surface area contributed by atoms with E-state index in [1.165, 1.54) is 94.6 Å². The second kappa shape index (κ2) is 19.5. The minimum absolute atomic E-state index is 1.18. The lowest BCUT2D eigenvalue weighted by atomic mass is 10.00. The van der Waals surface area contributed by atoms with E-state index in [0.29, 0.717) is 0 Å². The van der Waals surface area contributed by atoms with Crippen LogP contribution in [-0.2, 0) is 0 Å². The maximum absolute atomic E-state index is 2.20. The van der Waals surface area contributed by atoms with Gasteiger partial charge in [-0.15, -0.1) is 0 Å². The van der Waals surface area contributed by atoms with Gasteiger partial charge in [-0.3, -0.25) is 0 Å². The van der Waals surface area contributed by atoms with Gasteiger partial charge in [0.05, 0.1) is 0 Å². The normalized spacial score (nSPS) is 13.7. The van der Waals surface area contributed by atoms with Gasteiger partial charge < -0.3 is 0 Å². The van der Waals surface area contributed by atoms with Gasteiger partial charge in [-0.05, 0) is 95.9 Å². The second-order valence-corrected chi connectivity index (χ2v) is 16.0. The summed E-state index contributed by atoms with van der Waals surface area (Å²) in [5.41, 5.74) is 20.4. The lowest BCUT2D eigenvalue weighted by Gasteiger charge is -2.05. The molecule has 0 aromatic heterocycles. The zero-order valence-corrected chi connectivity index (χ0v) is 35.5. The Hall–Kier alpha value is -8.06. The fourth-order valence-electron chi connectivity index (χ4n) is 7.60. The maximum atomic E-state index is 2.20. The van der Waals surface area contributed by atoms with Gasteiger partial charge in [0.15, 0.2) is 0 Å². The first-order valence-corrected chi connectivity index (χ1v) is 21.6. The van der Waals surface area contributed by atoms with E-state index in [9.17, 15) is 0 Å². The van der Waals surface area contributed by atoms with Crippen molar-refractivity contribution in [2.24, 2.45) is 0 Å². The zero-order chi connectivity index (χ0) is 42.6. The monoisotopic (exact) mass is 804 g/mol. The molecule has 0 nitrogen and oxygen atoms in total. The molecule has 300 valence electrons. The van der Waals surface area contributed by atoms with Gasteiger partial charge in [0.25, 0.3) is 0 Å². The highest BCUT2D eigenvalue weighted by atomic mass is 14.1. The fraction of sp³-hybridized carbons (Fsp3) is 0.0159. The zero-order valence-electron chi connectivity index (χ0n) is 35.5. The van der Waals surface area contributed by atoms with Gasteiger partial charge in [0, 0.05) is 0 Å². The predicted octanol–water partition coefficient (Wildman–Crippen LogP) is 17.3. The molecular formula is C63H48. The Bertz CT molecular complexity index is 2400. The summed E-state index contributed by atoms with van der Waals surface area (Å²) in [6.45, 7) is 2.08. The molecule has 0 unspecified atom stereocenters. The van der Waals surface area contributed by atoms with Crippen LogP contribution < -0.4 is 0 Å². The number of hydrogen-bond donors (Lipinski definition) is 0. The Morgan fingerprint density at radius 3 is 0.413 bits per heavy atom. The summed E-state index contributed by atoms with van der Waals surface area (Å²) in [4.78, 5) is 0. The highest BCUT2D eigenvalue weighted by Gasteiger charge is 2.03. The highest BCUT2D eigenvalue weighted by molar-refractivity contribution is 5.79. The van der Waals surface area contributed by atoms with Crippen LogP contribution in [0.1, 0.15) is 50.1 Å². The van der Waals surface area contributed by atoms with Crippen LogP contribution >= 0.6 is 0 Å². The lowest BCUT2D eigenvalue weighted by Crippen LogP contribution is -1.82. The first-order valence-electron chi connectivity index (χ1n) is 21.6. The smallest absolute Gasteiger partial charge is 0.0184 e. The summed E-state index contributed by atoms with van der Waals surface area (Å²) < 4.78 is 0. The topological polar surface area (TPSA) is 0 Å². The van der Waals surface area contributed by atoms with Crippen LogP contribution in [0.5, 0.6) is 0 Å². The van der Waals surface area contributed by atoms with Gasteiger partial charge in [0.1, 0.15) is 0 Å². The van der Waals surface area contributed by atoms with Gasteiger partial charge in [-0.2, -0.15) is 0 Å². The summed E-state index contributed by atoms with van der Waals surface area (Å²) in [7, 11) is 0. The van der Waals surface area contributed by atoms with E-state index in [1.807, 2.05) is 18.2 Å². The molecule has 0 heterocycles. The first-order chi connectivity index (χ1) is 31.1. The Kier molecular flexibility index (Phi) is 12.5. The van der Waals surface area contributed by atoms with Gasteiger partial charge >= 0.3 is 0 Å². The van der Waals surface area contributed by atoms with Crippen LogP contribution in [0.15, 0.2) is 224 Å². The van der Waals surface area contributed by atoms with Crippen LogP contribution in [0.2, 0.25) is 0 Å². The van der Waals surface area contributed by atoms with Crippen molar-refractivity contribution in [2.45, 2.75) is 6.92 Å². The Morgan fingerprint density at radius 2 is 0.302 bits per heavy atom. The highest BCUT2D eigenvalue weighted by Crippen LogP contribution is 2.27. The van der Waals surface area contributed by atoms with Gasteiger partial charge in [-0.25, -0.2) is 0 Å². The van der Waals surface area contributed by atoms with Crippen LogP contribution in [0.4, 0.5) is 0 Å². The molecule has 0 heteroatoms. The van der Waals surface area contributed by atoms with Crippen molar-refractivity contribution in [3.63, 3.8) is 0 Å². The summed E-state index contributed by atoms with van der Waals surface area (Å²) in [6, 6.07) is 80.4. The average Bonchev–Trinajstić information content (AvgIpc) is 3.35. The minimum atomic E-state index is 1.18. The van der Waals surface area contributed by atoms with E-state index in [1.54, 1.807) is 0 Å². The first kappa shape index (κ1) is 40.4. The molecule has 22 rings (SSSR count). The molecule has 0 aliphatic heterocycles. The quantitative estimate of drug-likeness (QED) is 0.143. The molecule has 0 spiro atoms. The molecule has 0 radical (unpaired) electrons. The number of benzene rings is 9. The molecule has 13 aliphatic rings. The van der Waals surface area contributed by atoms with Crippen LogP contribution in [0, 0.1) is 6.92 Å². The average molecular weight is 805 g/mol. The van der Waals surface area contributed by atoms with Gasteiger partial charge in [0.2, 0.25) is 0 Å². The SMILES string of the molecule is C1=C\c2ccc(cc2)-c2ccc(cc2)/C=C/c2ccc(cc2)-c2ccc(cc2)/C=C\c2ccc(cc2)-c2ccc(cc2)/C=C/c2ccc(cc2)-c2ccc/1cc2.Cc1ccccc1. The second-order valence-electron chi connectivity index (χ2n) is 16.0. The Labute approximate surface area is 372 Å². The van der Waals surface area contributed by atoms with E-state index in [-0.39, 0.29) is 0 Å². The molecule has 9 aromatic carbocycles. The standard InChI is InChI=1S/C56H40.C7H8/c1-2-42-11-27-50(28-12-42)52-31-15-44(16-32-52)5-6-46-19-35-54(36-20-46)56-39-23-48(24-40-56)8-7-47-21-37-55(38-22-47)53-33-17-45(18-34-53)4-3-43-13-29-51(30-14-43)49-25-9-41(1)10-26-49;1-7-5-3-2-4-6-7/h1-40H;2-6H,1H3/b2-1-,4-3+,6-5+,8-7-,41-1?,42-2?,43-3?,44-5?,45-4?,46-6?,47-7?,48-8?,51-49?,52-50?,55-53?,56-54?;. The van der Waals surface area contributed by atoms with E-state index in [2.05, 4.69) is 262 Å². The van der Waals surface area contributed by atoms with E-state index < -0.39 is 0 Å². The molecule has 0 N–H and O–H groups in total. The van der Waals surface area contributed by atoms with Crippen molar-refractivity contribution in [2.75, 3.05) is 0 Å². The molecule has 0 atom stereocenters. The van der Waals surface area contributed by atoms with Crippen LogP contribution in [0.25, 0.3) is 93.1 Å². The molecule has 63 heavy (non-hydrogen) atoms. The third kappa shape index (κ3) is 10.8. The number of hydrogen-bond acceptors (Lipinski definition) is 0.